The molecule has 1 atom stereocenters. The number of hydrogen-bond donors (Lipinski definition) is 1. The number of aromatic nitrogens is 3. The fourth-order valence-corrected chi connectivity index (χ4v) is 3.05. The van der Waals surface area contributed by atoms with Crippen molar-refractivity contribution in [2.24, 2.45) is 11.3 Å². The fourth-order valence-electron chi connectivity index (χ4n) is 3.05. The summed E-state index contributed by atoms with van der Waals surface area (Å²) in [6.45, 7) is 6.84. The summed E-state index contributed by atoms with van der Waals surface area (Å²) in [5.41, 5.74) is 0.426. The van der Waals surface area contributed by atoms with Crippen LogP contribution in [0.5, 0.6) is 0 Å². The van der Waals surface area contributed by atoms with E-state index in [2.05, 4.69) is 15.1 Å². The summed E-state index contributed by atoms with van der Waals surface area (Å²) in [7, 11) is 0. The Morgan fingerprint density at radius 2 is 2.24 bits per heavy atom. The van der Waals surface area contributed by atoms with Crippen LogP contribution in [0.1, 0.15) is 26.0 Å². The van der Waals surface area contributed by atoms with Gasteiger partial charge in [-0.1, -0.05) is 19.0 Å². The molecule has 2 aromatic heterocycles. The largest absolute Gasteiger partial charge is 0.481 e. The number of fused-ring (bicyclic) bond motifs is 1. The van der Waals surface area contributed by atoms with Gasteiger partial charge in [-0.3, -0.25) is 4.79 Å². The maximum absolute atomic E-state index is 11.7. The zero-order chi connectivity index (χ0) is 15.2. The summed E-state index contributed by atoms with van der Waals surface area (Å²) in [6, 6.07) is 0. The predicted molar refractivity (Wildman–Crippen MR) is 76.1 cm³/mol. The van der Waals surface area contributed by atoms with Crippen molar-refractivity contribution in [2.45, 2.75) is 27.2 Å². The molecule has 7 heteroatoms. The highest BCUT2D eigenvalue weighted by Crippen LogP contribution is 2.41. The van der Waals surface area contributed by atoms with Gasteiger partial charge in [0.05, 0.1) is 11.1 Å². The van der Waals surface area contributed by atoms with Crippen molar-refractivity contribution in [3.05, 3.63) is 12.0 Å². The van der Waals surface area contributed by atoms with Crippen molar-refractivity contribution < 1.29 is 14.4 Å². The van der Waals surface area contributed by atoms with Crippen molar-refractivity contribution in [1.29, 1.82) is 0 Å². The number of aryl methyl sites for hydroxylation is 1. The molecular weight excluding hydrogens is 272 g/mol. The van der Waals surface area contributed by atoms with E-state index in [0.717, 1.165) is 11.1 Å². The molecule has 1 fully saturated rings. The van der Waals surface area contributed by atoms with Crippen molar-refractivity contribution in [2.75, 3.05) is 18.0 Å². The van der Waals surface area contributed by atoms with Crippen molar-refractivity contribution in [3.8, 4) is 0 Å². The van der Waals surface area contributed by atoms with Gasteiger partial charge < -0.3 is 14.5 Å². The van der Waals surface area contributed by atoms with Crippen LogP contribution >= 0.6 is 0 Å². The molecular formula is C14H18N4O3. The van der Waals surface area contributed by atoms with Gasteiger partial charge in [0.2, 0.25) is 0 Å². The van der Waals surface area contributed by atoms with E-state index in [-0.39, 0.29) is 5.92 Å². The van der Waals surface area contributed by atoms with Crippen molar-refractivity contribution in [3.63, 3.8) is 0 Å². The molecule has 0 spiro atoms. The smallest absolute Gasteiger partial charge is 0.311 e. The highest BCUT2D eigenvalue weighted by molar-refractivity contribution is 5.88. The molecule has 21 heavy (non-hydrogen) atoms. The SMILES string of the molecule is Cc1noc2ncnc(N3CCC(C(=O)O)(C(C)C)C3)c12. The Balaban J connectivity index is 2.02. The molecule has 7 nitrogen and oxygen atoms in total. The molecule has 1 aliphatic heterocycles. The Labute approximate surface area is 122 Å². The average molecular weight is 290 g/mol. The number of rotatable bonds is 3. The van der Waals surface area contributed by atoms with Gasteiger partial charge in [-0.25, -0.2) is 4.98 Å². The van der Waals surface area contributed by atoms with Crippen LogP contribution in [0.3, 0.4) is 0 Å². The summed E-state index contributed by atoms with van der Waals surface area (Å²) >= 11 is 0. The number of hydrogen-bond acceptors (Lipinski definition) is 6. The Bertz CT molecular complexity index is 697. The van der Waals surface area contributed by atoms with Crippen LogP contribution < -0.4 is 4.90 Å². The minimum absolute atomic E-state index is 0.0564. The number of aliphatic carboxylic acids is 1. The van der Waals surface area contributed by atoms with Crippen LogP contribution in [0.25, 0.3) is 11.1 Å². The van der Waals surface area contributed by atoms with Gasteiger partial charge >= 0.3 is 5.97 Å². The van der Waals surface area contributed by atoms with Gasteiger partial charge in [0, 0.05) is 13.1 Å². The van der Waals surface area contributed by atoms with Gasteiger partial charge in [0.15, 0.2) is 0 Å². The molecule has 0 aromatic carbocycles. The molecule has 2 aromatic rings. The molecule has 3 rings (SSSR count). The minimum Gasteiger partial charge on any atom is -0.481 e. The highest BCUT2D eigenvalue weighted by atomic mass is 16.5. The van der Waals surface area contributed by atoms with Gasteiger partial charge in [0.25, 0.3) is 5.71 Å². The zero-order valence-corrected chi connectivity index (χ0v) is 12.3. The van der Waals surface area contributed by atoms with Crippen LogP contribution in [0, 0.1) is 18.3 Å². The van der Waals surface area contributed by atoms with E-state index < -0.39 is 11.4 Å². The molecule has 0 bridgehead atoms. The Morgan fingerprint density at radius 1 is 1.48 bits per heavy atom. The molecule has 0 saturated carbocycles. The standard InChI is InChI=1S/C14H18N4O3/c1-8(2)14(13(19)20)4-5-18(6-14)11-10-9(3)17-21-12(10)16-7-15-11/h7-8H,4-6H2,1-3H3,(H,19,20). The molecule has 0 radical (unpaired) electrons. The second-order valence-electron chi connectivity index (χ2n) is 5.93. The molecule has 0 aliphatic carbocycles. The molecule has 1 N–H and O–H groups in total. The topological polar surface area (TPSA) is 92.4 Å². The Kier molecular flexibility index (Phi) is 3.07. The lowest BCUT2D eigenvalue weighted by Gasteiger charge is -2.29. The molecule has 3 heterocycles. The maximum atomic E-state index is 11.7. The number of nitrogens with zero attached hydrogens (tertiary/aromatic N) is 4. The number of carboxylic acid groups (broad SMARTS) is 1. The summed E-state index contributed by atoms with van der Waals surface area (Å²) in [5.74, 6) is 0.0239. The first-order valence-electron chi connectivity index (χ1n) is 7.01. The van der Waals surface area contributed by atoms with Gasteiger partial charge in [0.1, 0.15) is 17.5 Å². The third-order valence-electron chi connectivity index (χ3n) is 4.55. The Hall–Kier alpha value is -2.18. The Morgan fingerprint density at radius 3 is 2.86 bits per heavy atom. The lowest BCUT2D eigenvalue weighted by molar-refractivity contribution is -0.150. The van der Waals surface area contributed by atoms with Gasteiger partial charge in [-0.05, 0) is 19.3 Å². The number of anilines is 1. The lowest BCUT2D eigenvalue weighted by Crippen LogP contribution is -2.39. The predicted octanol–water partition coefficient (Wildman–Crippen LogP) is 1.86. The third-order valence-corrected chi connectivity index (χ3v) is 4.55. The first-order chi connectivity index (χ1) is 9.95. The summed E-state index contributed by atoms with van der Waals surface area (Å²) in [5, 5.41) is 14.3. The molecule has 1 saturated heterocycles. The molecule has 0 amide bonds. The van der Waals surface area contributed by atoms with Crippen molar-refractivity contribution in [1.82, 2.24) is 15.1 Å². The molecule has 1 unspecified atom stereocenters. The number of carbonyl (C=O) groups is 1. The van der Waals surface area contributed by atoms with E-state index >= 15 is 0 Å². The monoisotopic (exact) mass is 290 g/mol. The average Bonchev–Trinajstić information content (AvgIpc) is 3.04. The molecule has 1 aliphatic rings. The van der Waals surface area contributed by atoms with Crippen LogP contribution in [-0.2, 0) is 4.79 Å². The van der Waals surface area contributed by atoms with Crippen LogP contribution in [-0.4, -0.2) is 39.3 Å². The quantitative estimate of drug-likeness (QED) is 0.922. The van der Waals surface area contributed by atoms with Crippen LogP contribution in [0.15, 0.2) is 10.9 Å². The normalized spacial score (nSPS) is 22.4. The first kappa shape index (κ1) is 13.8. The highest BCUT2D eigenvalue weighted by Gasteiger charge is 2.48. The van der Waals surface area contributed by atoms with E-state index in [0.29, 0.717) is 31.0 Å². The first-order valence-corrected chi connectivity index (χ1v) is 7.01. The van der Waals surface area contributed by atoms with E-state index in [1.54, 1.807) is 0 Å². The van der Waals surface area contributed by atoms with E-state index in [1.807, 2.05) is 25.7 Å². The second-order valence-corrected chi connectivity index (χ2v) is 5.93. The van der Waals surface area contributed by atoms with E-state index in [1.165, 1.54) is 6.33 Å². The molecule has 112 valence electrons. The van der Waals surface area contributed by atoms with Crippen LogP contribution in [0.2, 0.25) is 0 Å². The fraction of sp³-hybridized carbons (Fsp3) is 0.571. The zero-order valence-electron chi connectivity index (χ0n) is 12.3. The summed E-state index contributed by atoms with van der Waals surface area (Å²) in [6.07, 6.45) is 2.04. The maximum Gasteiger partial charge on any atom is 0.311 e. The third kappa shape index (κ3) is 1.95. The van der Waals surface area contributed by atoms with E-state index in [9.17, 15) is 9.90 Å². The summed E-state index contributed by atoms with van der Waals surface area (Å²) in [4.78, 5) is 22.1. The van der Waals surface area contributed by atoms with Crippen molar-refractivity contribution >= 4 is 22.9 Å². The minimum atomic E-state index is -0.743. The van der Waals surface area contributed by atoms with E-state index in [4.69, 9.17) is 4.52 Å². The lowest BCUT2D eigenvalue weighted by atomic mass is 9.76. The van der Waals surface area contributed by atoms with Gasteiger partial charge in [-0.15, -0.1) is 0 Å². The second kappa shape index (κ2) is 4.68. The van der Waals surface area contributed by atoms with Crippen LogP contribution in [0.4, 0.5) is 5.82 Å². The van der Waals surface area contributed by atoms with Gasteiger partial charge in [-0.2, -0.15) is 4.98 Å². The number of carboxylic acids is 1. The summed E-state index contributed by atoms with van der Waals surface area (Å²) < 4.78 is 5.15.